The first-order valence-corrected chi connectivity index (χ1v) is 8.11. The van der Waals surface area contributed by atoms with Gasteiger partial charge in [0.15, 0.2) is 0 Å². The van der Waals surface area contributed by atoms with Crippen LogP contribution < -0.4 is 0 Å². The van der Waals surface area contributed by atoms with E-state index in [1.807, 2.05) is 0 Å². The van der Waals surface area contributed by atoms with Crippen molar-refractivity contribution in [2.24, 2.45) is 0 Å². The molecule has 0 fully saturated rings. The topological polar surface area (TPSA) is 0 Å². The van der Waals surface area contributed by atoms with E-state index in [1.165, 1.54) is 50.9 Å². The Kier molecular flexibility index (Phi) is 2.28. The van der Waals surface area contributed by atoms with Crippen LogP contribution in [0.1, 0.15) is 22.3 Å². The zero-order valence-electron chi connectivity index (χ0n) is 13.0. The van der Waals surface area contributed by atoms with Gasteiger partial charge >= 0.3 is 0 Å². The van der Waals surface area contributed by atoms with Crippen molar-refractivity contribution >= 4 is 32.3 Å². The van der Waals surface area contributed by atoms with Crippen molar-refractivity contribution in [1.29, 1.82) is 0 Å². The minimum Gasteiger partial charge on any atom is -0.0616 e. The Morgan fingerprint density at radius 3 is 2.32 bits per heavy atom. The van der Waals surface area contributed by atoms with Crippen LogP contribution in [0.5, 0.6) is 0 Å². The number of rotatable bonds is 0. The zero-order valence-corrected chi connectivity index (χ0v) is 13.0. The SMILES string of the molecule is Cc1ccc2c(C)c3c(ccc4ccccc43)c3c2c1CC3. The Balaban J connectivity index is 2.13. The summed E-state index contributed by atoms with van der Waals surface area (Å²) in [6, 6.07) is 18.0. The summed E-state index contributed by atoms with van der Waals surface area (Å²) in [7, 11) is 0. The van der Waals surface area contributed by atoms with Crippen LogP contribution >= 0.6 is 0 Å². The molecule has 0 aromatic heterocycles. The number of aryl methyl sites for hydroxylation is 4. The Morgan fingerprint density at radius 1 is 0.636 bits per heavy atom. The molecule has 1 aliphatic rings. The molecule has 0 spiro atoms. The third-order valence-electron chi connectivity index (χ3n) is 5.51. The summed E-state index contributed by atoms with van der Waals surface area (Å²) in [5.74, 6) is 0. The third kappa shape index (κ3) is 1.38. The molecule has 0 nitrogen and oxygen atoms in total. The normalized spacial score (nSPS) is 13.5. The van der Waals surface area contributed by atoms with Crippen molar-refractivity contribution in [2.45, 2.75) is 26.7 Å². The van der Waals surface area contributed by atoms with Gasteiger partial charge in [0.2, 0.25) is 0 Å². The molecule has 0 amide bonds. The Hall–Kier alpha value is -2.34. The van der Waals surface area contributed by atoms with E-state index in [0.29, 0.717) is 0 Å². The van der Waals surface area contributed by atoms with E-state index < -0.39 is 0 Å². The average Bonchev–Trinajstić information content (AvgIpc) is 2.99. The quantitative estimate of drug-likeness (QED) is 0.280. The fraction of sp³-hybridized carbons (Fsp3) is 0.182. The van der Waals surface area contributed by atoms with Gasteiger partial charge in [-0.2, -0.15) is 0 Å². The molecule has 0 saturated heterocycles. The summed E-state index contributed by atoms with van der Waals surface area (Å²) in [4.78, 5) is 0. The minimum absolute atomic E-state index is 1.19. The maximum atomic E-state index is 2.34. The molecule has 0 bridgehead atoms. The van der Waals surface area contributed by atoms with Crippen molar-refractivity contribution in [2.75, 3.05) is 0 Å². The first-order chi connectivity index (χ1) is 10.8. The van der Waals surface area contributed by atoms with Gasteiger partial charge in [0, 0.05) is 0 Å². The predicted molar refractivity (Wildman–Crippen MR) is 95.8 cm³/mol. The molecule has 1 aliphatic carbocycles. The van der Waals surface area contributed by atoms with Crippen LogP contribution in [0.15, 0.2) is 48.5 Å². The van der Waals surface area contributed by atoms with E-state index >= 15 is 0 Å². The molecule has 22 heavy (non-hydrogen) atoms. The lowest BCUT2D eigenvalue weighted by Gasteiger charge is -2.14. The average molecular weight is 282 g/mol. The Labute approximate surface area is 130 Å². The largest absolute Gasteiger partial charge is 0.0616 e. The van der Waals surface area contributed by atoms with Gasteiger partial charge in [-0.05, 0) is 81.3 Å². The summed E-state index contributed by atoms with van der Waals surface area (Å²) in [5, 5.41) is 8.65. The Bertz CT molecular complexity index is 1080. The highest BCUT2D eigenvalue weighted by atomic mass is 14.2. The minimum atomic E-state index is 1.19. The third-order valence-corrected chi connectivity index (χ3v) is 5.51. The first kappa shape index (κ1) is 12.2. The molecule has 0 heterocycles. The van der Waals surface area contributed by atoms with E-state index in [1.54, 1.807) is 16.5 Å². The van der Waals surface area contributed by atoms with Crippen molar-refractivity contribution in [3.05, 3.63) is 70.8 Å². The van der Waals surface area contributed by atoms with Crippen LogP contribution in [0.4, 0.5) is 0 Å². The van der Waals surface area contributed by atoms with Crippen LogP contribution in [0.2, 0.25) is 0 Å². The number of hydrogen-bond donors (Lipinski definition) is 0. The molecule has 0 saturated carbocycles. The van der Waals surface area contributed by atoms with E-state index in [2.05, 4.69) is 62.4 Å². The summed E-state index contributed by atoms with van der Waals surface area (Å²) in [5.41, 5.74) is 6.03. The van der Waals surface area contributed by atoms with E-state index in [-0.39, 0.29) is 0 Å². The summed E-state index contributed by atoms with van der Waals surface area (Å²) >= 11 is 0. The first-order valence-electron chi connectivity index (χ1n) is 8.11. The highest BCUT2D eigenvalue weighted by Crippen LogP contribution is 2.42. The summed E-state index contributed by atoms with van der Waals surface area (Å²) in [6.45, 7) is 4.55. The molecule has 4 aromatic rings. The van der Waals surface area contributed by atoms with Crippen LogP contribution in [0.3, 0.4) is 0 Å². The lowest BCUT2D eigenvalue weighted by molar-refractivity contribution is 1.02. The van der Waals surface area contributed by atoms with Gasteiger partial charge in [0.25, 0.3) is 0 Å². The molecular weight excluding hydrogens is 264 g/mol. The maximum absolute atomic E-state index is 2.34. The van der Waals surface area contributed by atoms with Crippen molar-refractivity contribution < 1.29 is 0 Å². The van der Waals surface area contributed by atoms with Crippen LogP contribution in [0.25, 0.3) is 32.3 Å². The molecule has 0 atom stereocenters. The standard InChI is InChI=1S/C22H18/c1-13-7-9-17-14(2)21-18-6-4-3-5-15(18)8-10-19(21)20-12-11-16(13)22(17)20/h3-10H,11-12H2,1-2H3. The molecule has 0 aliphatic heterocycles. The van der Waals surface area contributed by atoms with Crippen LogP contribution in [-0.4, -0.2) is 0 Å². The van der Waals surface area contributed by atoms with Crippen molar-refractivity contribution in [3.8, 4) is 0 Å². The molecular formula is C22H18. The summed E-state index contributed by atoms with van der Waals surface area (Å²) in [6.07, 6.45) is 2.38. The molecule has 0 N–H and O–H groups in total. The van der Waals surface area contributed by atoms with Gasteiger partial charge in [-0.15, -0.1) is 0 Å². The molecule has 106 valence electrons. The summed E-state index contributed by atoms with van der Waals surface area (Å²) < 4.78 is 0. The number of fused-ring (bicyclic) bond motifs is 4. The lowest BCUT2D eigenvalue weighted by atomic mass is 9.89. The van der Waals surface area contributed by atoms with Crippen LogP contribution in [-0.2, 0) is 12.8 Å². The van der Waals surface area contributed by atoms with Crippen LogP contribution in [0, 0.1) is 13.8 Å². The van der Waals surface area contributed by atoms with Gasteiger partial charge in [-0.1, -0.05) is 48.5 Å². The second kappa shape index (κ2) is 4.10. The molecule has 4 aromatic carbocycles. The monoisotopic (exact) mass is 282 g/mol. The van der Waals surface area contributed by atoms with Crippen molar-refractivity contribution in [1.82, 2.24) is 0 Å². The number of benzene rings is 4. The highest BCUT2D eigenvalue weighted by Gasteiger charge is 2.21. The fourth-order valence-corrected chi connectivity index (χ4v) is 4.44. The van der Waals surface area contributed by atoms with Gasteiger partial charge in [-0.3, -0.25) is 0 Å². The van der Waals surface area contributed by atoms with Gasteiger partial charge in [0.05, 0.1) is 0 Å². The lowest BCUT2D eigenvalue weighted by Crippen LogP contribution is -1.90. The smallest absolute Gasteiger partial charge is 0.00669 e. The second-order valence-corrected chi connectivity index (χ2v) is 6.60. The van der Waals surface area contributed by atoms with Crippen molar-refractivity contribution in [3.63, 3.8) is 0 Å². The molecule has 0 radical (unpaired) electrons. The molecule has 5 rings (SSSR count). The Morgan fingerprint density at radius 2 is 1.41 bits per heavy atom. The second-order valence-electron chi connectivity index (χ2n) is 6.60. The van der Waals surface area contributed by atoms with E-state index in [9.17, 15) is 0 Å². The van der Waals surface area contributed by atoms with E-state index in [0.717, 1.165) is 0 Å². The molecule has 0 heteroatoms. The highest BCUT2D eigenvalue weighted by molar-refractivity contribution is 6.17. The van der Waals surface area contributed by atoms with E-state index in [4.69, 9.17) is 0 Å². The zero-order chi connectivity index (χ0) is 14.8. The van der Waals surface area contributed by atoms with Gasteiger partial charge in [-0.25, -0.2) is 0 Å². The molecule has 0 unspecified atom stereocenters. The van der Waals surface area contributed by atoms with Gasteiger partial charge < -0.3 is 0 Å². The number of hydrogen-bond acceptors (Lipinski definition) is 0. The van der Waals surface area contributed by atoms with Gasteiger partial charge in [0.1, 0.15) is 0 Å². The predicted octanol–water partition coefficient (Wildman–Crippen LogP) is 5.86. The fourth-order valence-electron chi connectivity index (χ4n) is 4.44. The maximum Gasteiger partial charge on any atom is -0.00669 e.